The van der Waals surface area contributed by atoms with Gasteiger partial charge >= 0.3 is 5.97 Å². The van der Waals surface area contributed by atoms with E-state index in [-0.39, 0.29) is 17.9 Å². The van der Waals surface area contributed by atoms with E-state index >= 15 is 0 Å². The second-order valence-corrected chi connectivity index (χ2v) is 8.49. The number of methoxy groups -OCH3 is 1. The molecule has 3 aromatic rings. The Bertz CT molecular complexity index is 1220. The number of para-hydroxylation sites is 1. The third-order valence-electron chi connectivity index (χ3n) is 6.28. The van der Waals surface area contributed by atoms with Crippen LogP contribution >= 0.6 is 0 Å². The minimum atomic E-state index is -0.677. The molecule has 7 nitrogen and oxygen atoms in total. The number of esters is 1. The number of nitrogens with zero attached hydrogens (tertiary/aromatic N) is 2. The smallest absolute Gasteiger partial charge is 0.344 e. The van der Waals surface area contributed by atoms with Crippen LogP contribution in [0.1, 0.15) is 36.8 Å². The third-order valence-corrected chi connectivity index (χ3v) is 6.28. The summed E-state index contributed by atoms with van der Waals surface area (Å²) in [6.07, 6.45) is 0. The maximum absolute atomic E-state index is 13.3. The number of anilines is 1. The summed E-state index contributed by atoms with van der Waals surface area (Å²) in [6, 6.07) is 9.84. The van der Waals surface area contributed by atoms with Crippen LogP contribution < -0.4 is 15.1 Å². The summed E-state index contributed by atoms with van der Waals surface area (Å²) in [6.45, 7) is 9.81. The number of rotatable bonds is 5. The van der Waals surface area contributed by atoms with E-state index in [1.807, 2.05) is 30.3 Å². The van der Waals surface area contributed by atoms with Gasteiger partial charge in [0.15, 0.2) is 5.75 Å². The second kappa shape index (κ2) is 8.65. The number of H-pyrrole nitrogens is 1. The molecule has 168 valence electrons. The summed E-state index contributed by atoms with van der Waals surface area (Å²) < 4.78 is 10.5. The zero-order valence-electron chi connectivity index (χ0n) is 19.2. The van der Waals surface area contributed by atoms with Crippen LogP contribution in [0.25, 0.3) is 22.2 Å². The average molecular weight is 436 g/mol. The topological polar surface area (TPSA) is 84.5 Å². The summed E-state index contributed by atoms with van der Waals surface area (Å²) in [5, 5.41) is 0.927. The van der Waals surface area contributed by atoms with E-state index in [0.29, 0.717) is 28.8 Å². The van der Waals surface area contributed by atoms with Crippen LogP contribution in [0, 0.1) is 18.8 Å². The first-order valence-electron chi connectivity index (χ1n) is 11.0. The molecular formula is C25H29N3O4. The Balaban J connectivity index is 2.03. The standard InChI is InChI=1S/C25H29N3O4/c1-6-32-25(30)20-21(26-16(4)23(31-5)22(20)29)18-11-17-9-7-8-10-19(17)27-24(18)28-12-14(2)15(3)13-28/h7-11,14-15H,6,12-13H2,1-5H3,(H,26,29)/t14-,15+. The number of aryl methyl sites for hydroxylation is 1. The average Bonchev–Trinajstić information content (AvgIpc) is 3.11. The van der Waals surface area contributed by atoms with E-state index in [1.54, 1.807) is 13.8 Å². The van der Waals surface area contributed by atoms with Gasteiger partial charge in [0.05, 0.1) is 30.6 Å². The summed E-state index contributed by atoms with van der Waals surface area (Å²) in [5.74, 6) is 1.21. The fraction of sp³-hybridized carbons (Fsp3) is 0.400. The molecule has 2 atom stereocenters. The van der Waals surface area contributed by atoms with Crippen molar-refractivity contribution in [3.63, 3.8) is 0 Å². The molecular weight excluding hydrogens is 406 g/mol. The Labute approximate surface area is 187 Å². The number of ether oxygens (including phenoxy) is 2. The van der Waals surface area contributed by atoms with Gasteiger partial charge in [-0.05, 0) is 37.8 Å². The van der Waals surface area contributed by atoms with Crippen molar-refractivity contribution in [2.45, 2.75) is 27.7 Å². The summed E-state index contributed by atoms with van der Waals surface area (Å²) in [7, 11) is 1.42. The summed E-state index contributed by atoms with van der Waals surface area (Å²) >= 11 is 0. The maximum Gasteiger partial charge on any atom is 0.344 e. The lowest BCUT2D eigenvalue weighted by molar-refractivity contribution is 0.0525. The van der Waals surface area contributed by atoms with Gasteiger partial charge in [-0.3, -0.25) is 4.79 Å². The molecule has 1 N–H and O–H groups in total. The normalized spacial score (nSPS) is 18.2. The first-order chi connectivity index (χ1) is 15.3. The number of pyridine rings is 2. The van der Waals surface area contributed by atoms with Gasteiger partial charge in [-0.15, -0.1) is 0 Å². The minimum absolute atomic E-state index is 0.0621. The van der Waals surface area contributed by atoms with E-state index in [1.165, 1.54) is 7.11 Å². The quantitative estimate of drug-likeness (QED) is 0.606. The van der Waals surface area contributed by atoms with Gasteiger partial charge in [0.1, 0.15) is 11.4 Å². The molecule has 0 spiro atoms. The van der Waals surface area contributed by atoms with Gasteiger partial charge < -0.3 is 19.4 Å². The lowest BCUT2D eigenvalue weighted by Gasteiger charge is -2.23. The largest absolute Gasteiger partial charge is 0.491 e. The number of benzene rings is 1. The highest BCUT2D eigenvalue weighted by Gasteiger charge is 2.31. The van der Waals surface area contributed by atoms with Crippen molar-refractivity contribution in [2.24, 2.45) is 11.8 Å². The van der Waals surface area contributed by atoms with Crippen molar-refractivity contribution in [2.75, 3.05) is 31.7 Å². The molecule has 2 aromatic heterocycles. The van der Waals surface area contributed by atoms with Crippen LogP contribution in [-0.2, 0) is 4.74 Å². The van der Waals surface area contributed by atoms with Gasteiger partial charge in [0.2, 0.25) is 5.43 Å². The van der Waals surface area contributed by atoms with Crippen LogP contribution in [0.2, 0.25) is 0 Å². The minimum Gasteiger partial charge on any atom is -0.491 e. The van der Waals surface area contributed by atoms with Crippen molar-refractivity contribution in [1.82, 2.24) is 9.97 Å². The van der Waals surface area contributed by atoms with Gasteiger partial charge in [-0.1, -0.05) is 32.0 Å². The Kier molecular flexibility index (Phi) is 5.91. The Hall–Kier alpha value is -3.35. The number of hydrogen-bond donors (Lipinski definition) is 1. The molecule has 0 radical (unpaired) electrons. The molecule has 1 aliphatic rings. The molecule has 0 saturated carbocycles. The number of aromatic amines is 1. The third kappa shape index (κ3) is 3.72. The van der Waals surface area contributed by atoms with Crippen molar-refractivity contribution in [3.05, 3.63) is 51.8 Å². The molecule has 3 heterocycles. The van der Waals surface area contributed by atoms with Gasteiger partial charge in [-0.2, -0.15) is 0 Å². The van der Waals surface area contributed by atoms with Crippen LogP contribution in [0.15, 0.2) is 35.1 Å². The van der Waals surface area contributed by atoms with Gasteiger partial charge in [0.25, 0.3) is 0 Å². The zero-order valence-corrected chi connectivity index (χ0v) is 19.2. The zero-order chi connectivity index (χ0) is 23.0. The fourth-order valence-corrected chi connectivity index (χ4v) is 4.38. The first kappa shape index (κ1) is 21.9. The maximum atomic E-state index is 13.3. The Morgan fingerprint density at radius 3 is 2.56 bits per heavy atom. The van der Waals surface area contributed by atoms with E-state index in [0.717, 1.165) is 29.8 Å². The molecule has 4 rings (SSSR count). The molecule has 0 aliphatic carbocycles. The number of carbonyl (C=O) groups is 1. The predicted octanol–water partition coefficient (Wildman–Crippen LogP) is 4.18. The monoisotopic (exact) mass is 435 g/mol. The molecule has 1 fully saturated rings. The molecule has 0 amide bonds. The highest BCUT2D eigenvalue weighted by molar-refractivity contribution is 6.00. The highest BCUT2D eigenvalue weighted by Crippen LogP contribution is 2.37. The van der Waals surface area contributed by atoms with E-state index < -0.39 is 11.4 Å². The number of carbonyl (C=O) groups excluding carboxylic acids is 1. The fourth-order valence-electron chi connectivity index (χ4n) is 4.38. The molecule has 0 unspecified atom stereocenters. The van der Waals surface area contributed by atoms with E-state index in [4.69, 9.17) is 14.5 Å². The molecule has 1 aliphatic heterocycles. The van der Waals surface area contributed by atoms with Crippen LogP contribution in [0.4, 0.5) is 5.82 Å². The van der Waals surface area contributed by atoms with Gasteiger partial charge in [-0.25, -0.2) is 9.78 Å². The Morgan fingerprint density at radius 2 is 1.91 bits per heavy atom. The molecule has 0 bridgehead atoms. The van der Waals surface area contributed by atoms with Crippen molar-refractivity contribution in [1.29, 1.82) is 0 Å². The molecule has 1 aromatic carbocycles. The van der Waals surface area contributed by atoms with E-state index in [9.17, 15) is 9.59 Å². The van der Waals surface area contributed by atoms with Crippen molar-refractivity contribution >= 4 is 22.7 Å². The number of nitrogens with one attached hydrogen (secondary N) is 1. The first-order valence-corrected chi connectivity index (χ1v) is 11.0. The SMILES string of the molecule is CCOC(=O)c1c(-c2cc3ccccc3nc2N2C[C@@H](C)[C@@H](C)C2)[nH]c(C)c(OC)c1=O. The summed E-state index contributed by atoms with van der Waals surface area (Å²) in [5.41, 5.74) is 1.97. The highest BCUT2D eigenvalue weighted by atomic mass is 16.5. The molecule has 7 heteroatoms. The predicted molar refractivity (Wildman–Crippen MR) is 126 cm³/mol. The molecule has 32 heavy (non-hydrogen) atoms. The number of aromatic nitrogens is 2. The summed E-state index contributed by atoms with van der Waals surface area (Å²) in [4.78, 5) is 36.6. The van der Waals surface area contributed by atoms with Gasteiger partial charge in [0, 0.05) is 24.0 Å². The van der Waals surface area contributed by atoms with Crippen LogP contribution in [0.5, 0.6) is 5.75 Å². The molecule has 1 saturated heterocycles. The van der Waals surface area contributed by atoms with Crippen LogP contribution in [-0.4, -0.2) is 42.7 Å². The lowest BCUT2D eigenvalue weighted by atomic mass is 10.0. The van der Waals surface area contributed by atoms with Crippen LogP contribution in [0.3, 0.4) is 0 Å². The lowest BCUT2D eigenvalue weighted by Crippen LogP contribution is -2.25. The Morgan fingerprint density at radius 1 is 1.22 bits per heavy atom. The van der Waals surface area contributed by atoms with Crippen molar-refractivity contribution in [3.8, 4) is 17.0 Å². The van der Waals surface area contributed by atoms with E-state index in [2.05, 4.69) is 23.7 Å². The number of hydrogen-bond acceptors (Lipinski definition) is 6. The second-order valence-electron chi connectivity index (χ2n) is 8.49. The van der Waals surface area contributed by atoms with Crippen molar-refractivity contribution < 1.29 is 14.3 Å². The number of fused-ring (bicyclic) bond motifs is 1.